The van der Waals surface area contributed by atoms with Crippen molar-refractivity contribution in [3.05, 3.63) is 59.9 Å². The van der Waals surface area contributed by atoms with Gasteiger partial charge in [0.2, 0.25) is 5.91 Å². The zero-order valence-corrected chi connectivity index (χ0v) is 18.3. The third-order valence-electron chi connectivity index (χ3n) is 5.56. The molecule has 166 valence electrons. The zero-order valence-electron chi connectivity index (χ0n) is 18.3. The molecule has 0 radical (unpaired) electrons. The molecule has 7 nitrogen and oxygen atoms in total. The molecule has 1 N–H and O–H groups in total. The van der Waals surface area contributed by atoms with Gasteiger partial charge in [-0.2, -0.15) is 0 Å². The Labute approximate surface area is 183 Å². The summed E-state index contributed by atoms with van der Waals surface area (Å²) in [5.74, 6) is 0.757. The van der Waals surface area contributed by atoms with Crippen LogP contribution in [0.2, 0.25) is 0 Å². The molecule has 1 atom stereocenters. The van der Waals surface area contributed by atoms with Crippen LogP contribution in [0.3, 0.4) is 0 Å². The van der Waals surface area contributed by atoms with E-state index >= 15 is 0 Å². The van der Waals surface area contributed by atoms with E-state index in [1.54, 1.807) is 31.6 Å². The maximum atomic E-state index is 12.6. The summed E-state index contributed by atoms with van der Waals surface area (Å²) < 4.78 is 11.0. The van der Waals surface area contributed by atoms with Gasteiger partial charge in [-0.1, -0.05) is 6.92 Å². The van der Waals surface area contributed by atoms with Gasteiger partial charge in [-0.05, 0) is 48.4 Å². The summed E-state index contributed by atoms with van der Waals surface area (Å²) in [7, 11) is 1.60. The Hall–Kier alpha value is -2.93. The van der Waals surface area contributed by atoms with Gasteiger partial charge in [0.05, 0.1) is 19.1 Å². The molecule has 31 heavy (non-hydrogen) atoms. The summed E-state index contributed by atoms with van der Waals surface area (Å²) in [6, 6.07) is 11.0. The van der Waals surface area contributed by atoms with E-state index in [1.165, 1.54) is 0 Å². The molecule has 3 rings (SSSR count). The number of amides is 2. The second kappa shape index (κ2) is 11.5. The number of ether oxygens (including phenoxy) is 2. The predicted molar refractivity (Wildman–Crippen MR) is 118 cm³/mol. The zero-order chi connectivity index (χ0) is 22.1. The maximum absolute atomic E-state index is 12.6. The highest BCUT2D eigenvalue weighted by Gasteiger charge is 2.23. The minimum Gasteiger partial charge on any atom is -0.490 e. The van der Waals surface area contributed by atoms with Crippen molar-refractivity contribution in [3.8, 4) is 5.75 Å². The molecule has 2 aromatic rings. The number of hydrogen-bond acceptors (Lipinski definition) is 5. The van der Waals surface area contributed by atoms with Crippen molar-refractivity contribution in [3.63, 3.8) is 0 Å². The van der Waals surface area contributed by atoms with Gasteiger partial charge in [0.15, 0.2) is 0 Å². The fourth-order valence-electron chi connectivity index (χ4n) is 3.71. The highest BCUT2D eigenvalue weighted by Crippen LogP contribution is 2.21. The van der Waals surface area contributed by atoms with E-state index in [4.69, 9.17) is 9.47 Å². The minimum absolute atomic E-state index is 0.0526. The van der Waals surface area contributed by atoms with Crippen LogP contribution >= 0.6 is 0 Å². The Morgan fingerprint density at radius 1 is 1.13 bits per heavy atom. The maximum Gasteiger partial charge on any atom is 0.251 e. The number of hydrogen-bond donors (Lipinski definition) is 1. The van der Waals surface area contributed by atoms with E-state index in [-0.39, 0.29) is 24.0 Å². The lowest BCUT2D eigenvalue weighted by molar-refractivity contribution is -0.133. The van der Waals surface area contributed by atoms with Gasteiger partial charge in [0.25, 0.3) is 5.91 Å². The van der Waals surface area contributed by atoms with E-state index in [1.807, 2.05) is 36.1 Å². The average Bonchev–Trinajstić information content (AvgIpc) is 2.82. The number of pyridine rings is 1. The lowest BCUT2D eigenvalue weighted by Crippen LogP contribution is -2.42. The number of carbonyl (C=O) groups excluding carboxylic acids is 2. The van der Waals surface area contributed by atoms with Crippen LogP contribution in [0.1, 0.15) is 54.6 Å². The Bertz CT molecular complexity index is 834. The summed E-state index contributed by atoms with van der Waals surface area (Å²) in [5, 5.41) is 3.08. The number of nitrogens with zero attached hydrogens (tertiary/aromatic N) is 2. The van der Waals surface area contributed by atoms with E-state index in [0.717, 1.165) is 30.6 Å². The number of likely N-dealkylation sites (tertiary alicyclic amines) is 1. The van der Waals surface area contributed by atoms with Crippen molar-refractivity contribution in [2.75, 3.05) is 26.8 Å². The minimum atomic E-state index is -0.113. The number of aromatic nitrogens is 1. The number of benzene rings is 1. The summed E-state index contributed by atoms with van der Waals surface area (Å²) in [4.78, 5) is 30.6. The lowest BCUT2D eigenvalue weighted by Gasteiger charge is -2.32. The Morgan fingerprint density at radius 2 is 1.81 bits per heavy atom. The van der Waals surface area contributed by atoms with Crippen molar-refractivity contribution in [1.82, 2.24) is 15.2 Å². The highest BCUT2D eigenvalue weighted by molar-refractivity contribution is 5.94. The predicted octanol–water partition coefficient (Wildman–Crippen LogP) is 3.37. The van der Waals surface area contributed by atoms with Gasteiger partial charge in [-0.15, -0.1) is 0 Å². The second-order valence-corrected chi connectivity index (χ2v) is 7.68. The molecule has 0 spiro atoms. The molecular weight excluding hydrogens is 394 g/mol. The standard InChI is InChI=1S/C24H31N3O4/c1-3-22(18-8-13-25-14-9-18)26-24(29)19-4-6-20(7-5-19)31-21-10-15-27(16-11-21)23(28)12-17-30-2/h4-9,13-14,21-22H,3,10-12,15-17H2,1-2H3,(H,26,29)/t22-/m1/s1. The number of methoxy groups -OCH3 is 1. The van der Waals surface area contributed by atoms with Gasteiger partial charge < -0.3 is 19.7 Å². The SMILES string of the molecule is CC[C@@H](NC(=O)c1ccc(OC2CCN(C(=O)CCOC)CC2)cc1)c1ccncc1. The van der Waals surface area contributed by atoms with Crippen LogP contribution in [0, 0.1) is 0 Å². The molecular formula is C24H31N3O4. The van der Waals surface area contributed by atoms with Crippen LogP contribution in [-0.4, -0.2) is 54.6 Å². The van der Waals surface area contributed by atoms with Crippen LogP contribution in [-0.2, 0) is 9.53 Å². The van der Waals surface area contributed by atoms with Crippen LogP contribution in [0.25, 0.3) is 0 Å². The van der Waals surface area contributed by atoms with Crippen LogP contribution < -0.4 is 10.1 Å². The molecule has 0 aliphatic carbocycles. The molecule has 1 aromatic carbocycles. The van der Waals surface area contributed by atoms with Crippen LogP contribution in [0.5, 0.6) is 5.75 Å². The quantitative estimate of drug-likeness (QED) is 0.666. The summed E-state index contributed by atoms with van der Waals surface area (Å²) >= 11 is 0. The first-order valence-corrected chi connectivity index (χ1v) is 10.8. The molecule has 1 saturated heterocycles. The van der Waals surface area contributed by atoms with Gasteiger partial charge in [0, 0.05) is 51.0 Å². The van der Waals surface area contributed by atoms with Crippen molar-refractivity contribution in [1.29, 1.82) is 0 Å². The van der Waals surface area contributed by atoms with Crippen molar-refractivity contribution in [2.45, 2.75) is 44.8 Å². The summed E-state index contributed by atoms with van der Waals surface area (Å²) in [6.07, 6.45) is 6.35. The van der Waals surface area contributed by atoms with E-state index in [2.05, 4.69) is 10.3 Å². The molecule has 1 aliphatic heterocycles. The Kier molecular flexibility index (Phi) is 8.41. The van der Waals surface area contributed by atoms with E-state index < -0.39 is 0 Å². The molecule has 0 saturated carbocycles. The smallest absolute Gasteiger partial charge is 0.251 e. The van der Waals surface area contributed by atoms with Crippen LogP contribution in [0.4, 0.5) is 0 Å². The average molecular weight is 426 g/mol. The highest BCUT2D eigenvalue weighted by atomic mass is 16.5. The van der Waals surface area contributed by atoms with Gasteiger partial charge in [0.1, 0.15) is 11.9 Å². The number of rotatable bonds is 9. The molecule has 7 heteroatoms. The number of piperidine rings is 1. The van der Waals surface area contributed by atoms with Crippen molar-refractivity contribution < 1.29 is 19.1 Å². The van der Waals surface area contributed by atoms with E-state index in [9.17, 15) is 9.59 Å². The van der Waals surface area contributed by atoms with Crippen LogP contribution in [0.15, 0.2) is 48.8 Å². The van der Waals surface area contributed by atoms with Gasteiger partial charge >= 0.3 is 0 Å². The Balaban J connectivity index is 1.49. The van der Waals surface area contributed by atoms with Crippen molar-refractivity contribution in [2.24, 2.45) is 0 Å². The molecule has 1 aromatic heterocycles. The first kappa shape index (κ1) is 22.7. The van der Waals surface area contributed by atoms with Gasteiger partial charge in [-0.3, -0.25) is 14.6 Å². The second-order valence-electron chi connectivity index (χ2n) is 7.68. The fraction of sp³-hybridized carbons (Fsp3) is 0.458. The van der Waals surface area contributed by atoms with Crippen molar-refractivity contribution >= 4 is 11.8 Å². The first-order chi connectivity index (χ1) is 15.1. The lowest BCUT2D eigenvalue weighted by atomic mass is 10.1. The largest absolute Gasteiger partial charge is 0.490 e. The monoisotopic (exact) mass is 425 g/mol. The first-order valence-electron chi connectivity index (χ1n) is 10.8. The molecule has 0 unspecified atom stereocenters. The Morgan fingerprint density at radius 3 is 2.42 bits per heavy atom. The molecule has 1 fully saturated rings. The molecule has 2 heterocycles. The number of nitrogens with one attached hydrogen (secondary N) is 1. The topological polar surface area (TPSA) is 80.8 Å². The molecule has 0 bridgehead atoms. The normalized spacial score (nSPS) is 15.4. The molecule has 2 amide bonds. The summed E-state index contributed by atoms with van der Waals surface area (Å²) in [6.45, 7) is 3.89. The summed E-state index contributed by atoms with van der Waals surface area (Å²) in [5.41, 5.74) is 1.64. The number of carbonyl (C=O) groups is 2. The van der Waals surface area contributed by atoms with Gasteiger partial charge in [-0.25, -0.2) is 0 Å². The third kappa shape index (κ3) is 6.52. The van der Waals surface area contributed by atoms with E-state index in [0.29, 0.717) is 31.7 Å². The molecule has 1 aliphatic rings. The third-order valence-corrected chi connectivity index (χ3v) is 5.56. The fourth-order valence-corrected chi connectivity index (χ4v) is 3.71.